The fourth-order valence-corrected chi connectivity index (χ4v) is 4.68. The summed E-state index contributed by atoms with van der Waals surface area (Å²) in [5.74, 6) is -0.0536. The van der Waals surface area contributed by atoms with Crippen molar-refractivity contribution < 1.29 is 4.79 Å². The fourth-order valence-electron chi connectivity index (χ4n) is 3.24. The quantitative estimate of drug-likeness (QED) is 0.504. The van der Waals surface area contributed by atoms with Gasteiger partial charge in [-0.05, 0) is 44.8 Å². The average molecular weight is 413 g/mol. The first-order chi connectivity index (χ1) is 13.4. The highest BCUT2D eigenvalue weighted by Crippen LogP contribution is 2.34. The van der Waals surface area contributed by atoms with Gasteiger partial charge < -0.3 is 9.88 Å². The number of aromatic nitrogens is 2. The van der Waals surface area contributed by atoms with Crippen LogP contribution in [0.15, 0.2) is 42.6 Å². The second-order valence-corrected chi connectivity index (χ2v) is 8.52. The van der Waals surface area contributed by atoms with E-state index in [-0.39, 0.29) is 5.91 Å². The number of amides is 1. The van der Waals surface area contributed by atoms with E-state index in [1.54, 1.807) is 11.1 Å². The molecule has 1 N–H and O–H groups in total. The van der Waals surface area contributed by atoms with Gasteiger partial charge >= 0.3 is 0 Å². The van der Waals surface area contributed by atoms with Crippen molar-refractivity contribution in [1.29, 1.82) is 0 Å². The molecule has 4 rings (SSSR count). The van der Waals surface area contributed by atoms with Crippen molar-refractivity contribution in [2.75, 3.05) is 32.1 Å². The van der Waals surface area contributed by atoms with E-state index in [0.29, 0.717) is 22.3 Å². The summed E-state index contributed by atoms with van der Waals surface area (Å²) in [6.45, 7) is 3.28. The number of aromatic amines is 1. The highest BCUT2D eigenvalue weighted by molar-refractivity contribution is 7.22. The summed E-state index contributed by atoms with van der Waals surface area (Å²) >= 11 is 7.71. The molecule has 4 aromatic rings. The van der Waals surface area contributed by atoms with Crippen molar-refractivity contribution in [3.05, 3.63) is 58.7 Å². The van der Waals surface area contributed by atoms with Crippen LogP contribution in [0.3, 0.4) is 0 Å². The van der Waals surface area contributed by atoms with Crippen LogP contribution in [0.5, 0.6) is 0 Å². The zero-order valence-electron chi connectivity index (χ0n) is 16.0. The maximum Gasteiger partial charge on any atom is 0.262 e. The van der Waals surface area contributed by atoms with E-state index in [0.717, 1.165) is 33.2 Å². The normalized spacial score (nSPS) is 11.6. The van der Waals surface area contributed by atoms with Crippen LogP contribution >= 0.6 is 22.9 Å². The SMILES string of the molecule is Cc1cc(Cl)cc2sc(N(CCN(C)C)C(=O)c3c[nH]c4ccccc34)nc12. The summed E-state index contributed by atoms with van der Waals surface area (Å²) in [5.41, 5.74) is 3.51. The van der Waals surface area contributed by atoms with Crippen LogP contribution in [0.2, 0.25) is 5.02 Å². The number of hydrogen-bond donors (Lipinski definition) is 1. The largest absolute Gasteiger partial charge is 0.360 e. The monoisotopic (exact) mass is 412 g/mol. The minimum Gasteiger partial charge on any atom is -0.360 e. The van der Waals surface area contributed by atoms with E-state index < -0.39 is 0 Å². The molecular weight excluding hydrogens is 392 g/mol. The van der Waals surface area contributed by atoms with Crippen molar-refractivity contribution in [3.8, 4) is 0 Å². The summed E-state index contributed by atoms with van der Waals surface area (Å²) in [6, 6.07) is 11.6. The highest BCUT2D eigenvalue weighted by atomic mass is 35.5. The lowest BCUT2D eigenvalue weighted by Crippen LogP contribution is -2.36. The van der Waals surface area contributed by atoms with Gasteiger partial charge in [0.1, 0.15) is 0 Å². The summed E-state index contributed by atoms with van der Waals surface area (Å²) in [4.78, 5) is 25.3. The predicted octanol–water partition coefficient (Wildman–Crippen LogP) is 4.95. The van der Waals surface area contributed by atoms with Crippen molar-refractivity contribution in [1.82, 2.24) is 14.9 Å². The van der Waals surface area contributed by atoms with Gasteiger partial charge in [0, 0.05) is 35.2 Å². The second kappa shape index (κ2) is 7.54. The summed E-state index contributed by atoms with van der Waals surface area (Å²) in [7, 11) is 3.99. The van der Waals surface area contributed by atoms with E-state index in [2.05, 4.69) is 9.88 Å². The van der Waals surface area contributed by atoms with Gasteiger partial charge in [-0.3, -0.25) is 9.69 Å². The number of likely N-dealkylation sites (N-methyl/N-ethyl adjacent to an activating group) is 1. The number of carbonyl (C=O) groups is 1. The number of para-hydroxylation sites is 1. The Bertz CT molecular complexity index is 1160. The molecule has 0 radical (unpaired) electrons. The third-order valence-corrected chi connectivity index (χ3v) is 5.95. The molecule has 7 heteroatoms. The number of benzene rings is 2. The molecule has 0 saturated carbocycles. The van der Waals surface area contributed by atoms with E-state index in [1.807, 2.05) is 57.4 Å². The van der Waals surface area contributed by atoms with E-state index in [4.69, 9.17) is 16.6 Å². The van der Waals surface area contributed by atoms with Crippen LogP contribution < -0.4 is 4.90 Å². The minimum atomic E-state index is -0.0536. The lowest BCUT2D eigenvalue weighted by Gasteiger charge is -2.21. The number of aryl methyl sites for hydroxylation is 1. The van der Waals surface area contributed by atoms with Crippen LogP contribution in [-0.2, 0) is 0 Å². The van der Waals surface area contributed by atoms with Gasteiger partial charge in [0.2, 0.25) is 0 Å². The van der Waals surface area contributed by atoms with Crippen molar-refractivity contribution in [2.45, 2.75) is 6.92 Å². The fraction of sp³-hybridized carbons (Fsp3) is 0.238. The molecule has 0 aliphatic carbocycles. The molecule has 2 aromatic heterocycles. The molecule has 0 unspecified atom stereocenters. The third kappa shape index (κ3) is 3.51. The number of halogens is 1. The first kappa shape index (κ1) is 18.9. The first-order valence-corrected chi connectivity index (χ1v) is 10.2. The summed E-state index contributed by atoms with van der Waals surface area (Å²) < 4.78 is 0.988. The van der Waals surface area contributed by atoms with Crippen molar-refractivity contribution in [2.24, 2.45) is 0 Å². The Balaban J connectivity index is 1.79. The Kier molecular flexibility index (Phi) is 5.10. The van der Waals surface area contributed by atoms with Crippen LogP contribution in [0.1, 0.15) is 15.9 Å². The minimum absolute atomic E-state index is 0.0536. The lowest BCUT2D eigenvalue weighted by molar-refractivity contribution is 0.0987. The summed E-state index contributed by atoms with van der Waals surface area (Å²) in [5, 5.41) is 2.29. The molecule has 0 bridgehead atoms. The molecule has 28 heavy (non-hydrogen) atoms. The van der Waals surface area contributed by atoms with Gasteiger partial charge in [-0.2, -0.15) is 0 Å². The molecule has 0 aliphatic heterocycles. The van der Waals surface area contributed by atoms with Gasteiger partial charge in [-0.25, -0.2) is 4.98 Å². The molecule has 144 valence electrons. The number of thiazole rings is 1. The highest BCUT2D eigenvalue weighted by Gasteiger charge is 2.24. The summed E-state index contributed by atoms with van der Waals surface area (Å²) in [6.07, 6.45) is 1.78. The number of anilines is 1. The van der Waals surface area contributed by atoms with Gasteiger partial charge in [0.15, 0.2) is 5.13 Å². The van der Waals surface area contributed by atoms with Crippen LogP contribution in [0, 0.1) is 6.92 Å². The molecular formula is C21H21ClN4OS. The smallest absolute Gasteiger partial charge is 0.262 e. The Morgan fingerprint density at radius 1 is 1.21 bits per heavy atom. The topological polar surface area (TPSA) is 52.2 Å². The Labute approximate surface area is 172 Å². The molecule has 1 amide bonds. The molecule has 5 nitrogen and oxygen atoms in total. The Morgan fingerprint density at radius 2 is 2.00 bits per heavy atom. The zero-order chi connectivity index (χ0) is 19.8. The second-order valence-electron chi connectivity index (χ2n) is 7.07. The molecule has 0 fully saturated rings. The Morgan fingerprint density at radius 3 is 2.79 bits per heavy atom. The molecule has 0 saturated heterocycles. The zero-order valence-corrected chi connectivity index (χ0v) is 17.6. The number of rotatable bonds is 5. The van der Waals surface area contributed by atoms with Crippen LogP contribution in [-0.4, -0.2) is 48.0 Å². The van der Waals surface area contributed by atoms with E-state index in [9.17, 15) is 4.79 Å². The number of nitrogens with zero attached hydrogens (tertiary/aromatic N) is 3. The third-order valence-electron chi connectivity index (χ3n) is 4.71. The van der Waals surface area contributed by atoms with Gasteiger partial charge in [0.25, 0.3) is 5.91 Å². The van der Waals surface area contributed by atoms with E-state index >= 15 is 0 Å². The number of carbonyl (C=O) groups excluding carboxylic acids is 1. The van der Waals surface area contributed by atoms with Crippen LogP contribution in [0.25, 0.3) is 21.1 Å². The van der Waals surface area contributed by atoms with E-state index in [1.165, 1.54) is 11.3 Å². The van der Waals surface area contributed by atoms with Gasteiger partial charge in [-0.15, -0.1) is 0 Å². The number of fused-ring (bicyclic) bond motifs is 2. The first-order valence-electron chi connectivity index (χ1n) is 9.03. The molecule has 0 aliphatic rings. The molecule has 2 aromatic carbocycles. The van der Waals surface area contributed by atoms with Crippen LogP contribution in [0.4, 0.5) is 5.13 Å². The van der Waals surface area contributed by atoms with Gasteiger partial charge in [-0.1, -0.05) is 41.1 Å². The predicted molar refractivity (Wildman–Crippen MR) is 118 cm³/mol. The molecule has 0 spiro atoms. The number of hydrogen-bond acceptors (Lipinski definition) is 4. The average Bonchev–Trinajstić information content (AvgIpc) is 3.25. The Hall–Kier alpha value is -2.41. The maximum atomic E-state index is 13.5. The number of nitrogens with one attached hydrogen (secondary N) is 1. The molecule has 2 heterocycles. The lowest BCUT2D eigenvalue weighted by atomic mass is 10.1. The number of H-pyrrole nitrogens is 1. The standard InChI is InChI=1S/C21H21ClN4OS/c1-13-10-14(22)11-18-19(13)24-21(28-18)26(9-8-25(2)3)20(27)16-12-23-17-7-5-4-6-15(16)17/h4-7,10-12,23H,8-9H2,1-3H3. The van der Waals surface area contributed by atoms with Crippen molar-refractivity contribution >= 4 is 55.1 Å². The maximum absolute atomic E-state index is 13.5. The van der Waals surface area contributed by atoms with Gasteiger partial charge in [0.05, 0.1) is 15.8 Å². The molecule has 0 atom stereocenters. The van der Waals surface area contributed by atoms with Crippen molar-refractivity contribution in [3.63, 3.8) is 0 Å².